The number of carboxylic acid groups (broad SMARTS) is 1. The van der Waals surface area contributed by atoms with Crippen LogP contribution in [-0.2, 0) is 22.7 Å². The zero-order valence-corrected chi connectivity index (χ0v) is 12.0. The number of hydrogen-bond donors (Lipinski definition) is 1. The van der Waals surface area contributed by atoms with Crippen LogP contribution in [-0.4, -0.2) is 34.5 Å². The van der Waals surface area contributed by atoms with E-state index < -0.39 is 11.9 Å². The van der Waals surface area contributed by atoms with Gasteiger partial charge in [-0.2, -0.15) is 0 Å². The van der Waals surface area contributed by atoms with Crippen LogP contribution in [0.3, 0.4) is 0 Å². The normalized spacial score (nSPS) is 24.7. The molecule has 0 bridgehead atoms. The number of carbonyl (C=O) groups excluding carboxylic acids is 1. The molecule has 1 saturated heterocycles. The first-order chi connectivity index (χ1) is 10.1. The molecule has 1 amide bonds. The van der Waals surface area contributed by atoms with E-state index in [1.165, 1.54) is 0 Å². The second-order valence-corrected chi connectivity index (χ2v) is 5.90. The average molecular weight is 289 g/mol. The topological polar surface area (TPSA) is 66.8 Å². The number of carboxylic acids is 1. The van der Waals surface area contributed by atoms with Gasteiger partial charge in [-0.05, 0) is 43.0 Å². The number of aliphatic carboxylic acids is 1. The van der Waals surface area contributed by atoms with Gasteiger partial charge in [-0.3, -0.25) is 9.59 Å². The number of nitrogens with zero attached hydrogens (tertiary/aromatic N) is 1. The number of rotatable bonds is 2. The van der Waals surface area contributed by atoms with Crippen molar-refractivity contribution in [3.63, 3.8) is 0 Å². The van der Waals surface area contributed by atoms with Crippen molar-refractivity contribution in [2.75, 3.05) is 6.54 Å². The van der Waals surface area contributed by atoms with E-state index in [0.29, 0.717) is 31.7 Å². The van der Waals surface area contributed by atoms with Crippen LogP contribution in [0.5, 0.6) is 0 Å². The summed E-state index contributed by atoms with van der Waals surface area (Å²) in [6.07, 6.45) is 1.37. The molecule has 2 heterocycles. The van der Waals surface area contributed by atoms with Gasteiger partial charge in [0.15, 0.2) is 0 Å². The van der Waals surface area contributed by atoms with Gasteiger partial charge in [0.1, 0.15) is 0 Å². The Morgan fingerprint density at radius 3 is 2.76 bits per heavy atom. The van der Waals surface area contributed by atoms with E-state index in [0.717, 1.165) is 17.5 Å². The molecule has 5 heteroatoms. The Labute approximate surface area is 123 Å². The van der Waals surface area contributed by atoms with E-state index in [9.17, 15) is 9.59 Å². The first-order valence-corrected chi connectivity index (χ1v) is 7.29. The van der Waals surface area contributed by atoms with Crippen LogP contribution in [0.4, 0.5) is 0 Å². The predicted molar refractivity (Wildman–Crippen MR) is 75.8 cm³/mol. The standard InChI is InChI=1S/C16H19NO4/c1-10-2-3-12(16(19)20)7-17(10)15(18)11-4-5-13-8-21-9-14(13)6-11/h4-6,10,12H,2-3,7-9H2,1H3,(H,19,20). The molecule has 0 spiro atoms. The zero-order chi connectivity index (χ0) is 15.0. The molecule has 2 aliphatic rings. The molecule has 1 N–H and O–H groups in total. The highest BCUT2D eigenvalue weighted by Gasteiger charge is 2.33. The van der Waals surface area contributed by atoms with Crippen LogP contribution in [0.25, 0.3) is 0 Å². The van der Waals surface area contributed by atoms with Gasteiger partial charge in [-0.25, -0.2) is 0 Å². The minimum absolute atomic E-state index is 0.0804. The van der Waals surface area contributed by atoms with Gasteiger partial charge in [0.05, 0.1) is 19.1 Å². The highest BCUT2D eigenvalue weighted by atomic mass is 16.5. The first kappa shape index (κ1) is 14.1. The van der Waals surface area contributed by atoms with Crippen LogP contribution in [0, 0.1) is 5.92 Å². The molecule has 1 aromatic rings. The molecule has 1 fully saturated rings. The van der Waals surface area contributed by atoms with Crippen molar-refractivity contribution in [1.29, 1.82) is 0 Å². The van der Waals surface area contributed by atoms with Crippen molar-refractivity contribution < 1.29 is 19.4 Å². The lowest BCUT2D eigenvalue weighted by atomic mass is 9.92. The predicted octanol–water partition coefficient (Wildman–Crippen LogP) is 2.04. The number of carbonyl (C=O) groups is 2. The molecule has 2 aliphatic heterocycles. The van der Waals surface area contributed by atoms with Crippen molar-refractivity contribution in [1.82, 2.24) is 4.90 Å². The maximum Gasteiger partial charge on any atom is 0.308 e. The molecule has 0 radical (unpaired) electrons. The van der Waals surface area contributed by atoms with Gasteiger partial charge >= 0.3 is 5.97 Å². The number of piperidine rings is 1. The van der Waals surface area contributed by atoms with E-state index in [4.69, 9.17) is 9.84 Å². The van der Waals surface area contributed by atoms with Crippen LogP contribution in [0.2, 0.25) is 0 Å². The highest BCUT2D eigenvalue weighted by molar-refractivity contribution is 5.95. The van der Waals surface area contributed by atoms with Crippen LogP contribution < -0.4 is 0 Å². The fourth-order valence-electron chi connectivity index (χ4n) is 3.06. The van der Waals surface area contributed by atoms with Gasteiger partial charge in [0.2, 0.25) is 0 Å². The molecule has 21 heavy (non-hydrogen) atoms. The summed E-state index contributed by atoms with van der Waals surface area (Å²) >= 11 is 0. The summed E-state index contributed by atoms with van der Waals surface area (Å²) in [4.78, 5) is 25.5. The number of fused-ring (bicyclic) bond motifs is 1. The SMILES string of the molecule is CC1CCC(C(=O)O)CN1C(=O)c1ccc2c(c1)COC2. The molecule has 0 aromatic heterocycles. The summed E-state index contributed by atoms with van der Waals surface area (Å²) in [6, 6.07) is 5.70. The third-order valence-electron chi connectivity index (χ3n) is 4.46. The van der Waals surface area contributed by atoms with E-state index >= 15 is 0 Å². The summed E-state index contributed by atoms with van der Waals surface area (Å²) in [5.41, 5.74) is 2.80. The second-order valence-electron chi connectivity index (χ2n) is 5.90. The van der Waals surface area contributed by atoms with Gasteiger partial charge in [0, 0.05) is 18.2 Å². The van der Waals surface area contributed by atoms with Crippen LogP contribution in [0.15, 0.2) is 18.2 Å². The summed E-state index contributed by atoms with van der Waals surface area (Å²) in [7, 11) is 0. The van der Waals surface area contributed by atoms with Crippen molar-refractivity contribution in [2.24, 2.45) is 5.92 Å². The number of hydrogen-bond acceptors (Lipinski definition) is 3. The quantitative estimate of drug-likeness (QED) is 0.904. The number of benzene rings is 1. The lowest BCUT2D eigenvalue weighted by Gasteiger charge is -2.36. The third-order valence-corrected chi connectivity index (χ3v) is 4.46. The molecule has 2 unspecified atom stereocenters. The highest BCUT2D eigenvalue weighted by Crippen LogP contribution is 2.26. The van der Waals surface area contributed by atoms with E-state index in [1.807, 2.05) is 25.1 Å². The van der Waals surface area contributed by atoms with Crippen molar-refractivity contribution in [3.8, 4) is 0 Å². The van der Waals surface area contributed by atoms with E-state index in [1.54, 1.807) is 4.90 Å². The van der Waals surface area contributed by atoms with E-state index in [-0.39, 0.29) is 11.9 Å². The third kappa shape index (κ3) is 2.65. The molecular formula is C16H19NO4. The van der Waals surface area contributed by atoms with Crippen molar-refractivity contribution in [2.45, 2.75) is 39.0 Å². The summed E-state index contributed by atoms with van der Waals surface area (Å²) in [6.45, 7) is 3.42. The number of ether oxygens (including phenoxy) is 1. The maximum atomic E-state index is 12.7. The molecule has 0 aliphatic carbocycles. The van der Waals surface area contributed by atoms with Crippen LogP contribution >= 0.6 is 0 Å². The monoisotopic (exact) mass is 289 g/mol. The van der Waals surface area contributed by atoms with Crippen molar-refractivity contribution >= 4 is 11.9 Å². The Morgan fingerprint density at radius 2 is 2.00 bits per heavy atom. The fourth-order valence-corrected chi connectivity index (χ4v) is 3.06. The lowest BCUT2D eigenvalue weighted by Crippen LogP contribution is -2.47. The van der Waals surface area contributed by atoms with Gasteiger partial charge in [0.25, 0.3) is 5.91 Å². The largest absolute Gasteiger partial charge is 0.481 e. The Bertz CT molecular complexity index is 584. The Balaban J connectivity index is 1.81. The average Bonchev–Trinajstić information content (AvgIpc) is 2.94. The Morgan fingerprint density at radius 1 is 1.24 bits per heavy atom. The molecule has 1 aromatic carbocycles. The van der Waals surface area contributed by atoms with Crippen molar-refractivity contribution in [3.05, 3.63) is 34.9 Å². The lowest BCUT2D eigenvalue weighted by molar-refractivity contribution is -0.143. The summed E-state index contributed by atoms with van der Waals surface area (Å²) in [5.74, 6) is -1.35. The minimum Gasteiger partial charge on any atom is -0.481 e. The van der Waals surface area contributed by atoms with Crippen LogP contribution in [0.1, 0.15) is 41.3 Å². The molecule has 0 saturated carbocycles. The number of likely N-dealkylation sites (tertiary alicyclic amines) is 1. The fraction of sp³-hybridized carbons (Fsp3) is 0.500. The Kier molecular flexibility index (Phi) is 3.68. The maximum absolute atomic E-state index is 12.7. The molecule has 5 nitrogen and oxygen atoms in total. The van der Waals surface area contributed by atoms with Gasteiger partial charge in [-0.15, -0.1) is 0 Å². The smallest absolute Gasteiger partial charge is 0.308 e. The Hall–Kier alpha value is -1.88. The molecule has 2 atom stereocenters. The molecule has 112 valence electrons. The molecule has 3 rings (SSSR count). The van der Waals surface area contributed by atoms with Gasteiger partial charge in [-0.1, -0.05) is 6.07 Å². The first-order valence-electron chi connectivity index (χ1n) is 7.29. The van der Waals surface area contributed by atoms with E-state index in [2.05, 4.69) is 0 Å². The minimum atomic E-state index is -0.818. The zero-order valence-electron chi connectivity index (χ0n) is 12.0. The summed E-state index contributed by atoms with van der Waals surface area (Å²) in [5, 5.41) is 9.17. The molecular weight excluding hydrogens is 270 g/mol. The van der Waals surface area contributed by atoms with Gasteiger partial charge < -0.3 is 14.7 Å². The number of amides is 1. The summed E-state index contributed by atoms with van der Waals surface area (Å²) < 4.78 is 5.36. The second kappa shape index (κ2) is 5.48.